The third kappa shape index (κ3) is 5.87. The third-order valence-electron chi connectivity index (χ3n) is 6.60. The lowest BCUT2D eigenvalue weighted by Gasteiger charge is -2.37. The SMILES string of the molecule is C=CC1N=[N+](c2ccc3c(c2)C(=O)N(C(CC(C)C)C(=O)OC(C)(C)C)C3=O)SC1N1CC(C)OC(C)C1. The second kappa shape index (κ2) is 10.9. The minimum Gasteiger partial charge on any atom is -0.458 e. The average Bonchev–Trinajstić information content (AvgIpc) is 3.35. The molecule has 0 bridgehead atoms. The van der Waals surface area contributed by atoms with Gasteiger partial charge in [0.25, 0.3) is 11.8 Å². The minimum absolute atomic E-state index is 0.0472. The number of ether oxygens (including phenoxy) is 2. The first-order valence-electron chi connectivity index (χ1n) is 13.2. The Labute approximate surface area is 229 Å². The molecule has 2 amide bonds. The zero-order valence-corrected chi connectivity index (χ0v) is 24.2. The van der Waals surface area contributed by atoms with E-state index < -0.39 is 29.4 Å². The largest absolute Gasteiger partial charge is 0.458 e. The molecule has 1 saturated heterocycles. The zero-order valence-electron chi connectivity index (χ0n) is 23.3. The minimum atomic E-state index is -0.990. The first-order valence-corrected chi connectivity index (χ1v) is 14.1. The lowest BCUT2D eigenvalue weighted by atomic mass is 10.0. The molecule has 0 spiro atoms. The van der Waals surface area contributed by atoms with Crippen LogP contribution in [0.3, 0.4) is 0 Å². The summed E-state index contributed by atoms with van der Waals surface area (Å²) in [6, 6.07) is 4.01. The van der Waals surface area contributed by atoms with Crippen LogP contribution in [-0.4, -0.2) is 80.0 Å². The van der Waals surface area contributed by atoms with Crippen molar-refractivity contribution >= 4 is 35.4 Å². The highest BCUT2D eigenvalue weighted by atomic mass is 32.2. The van der Waals surface area contributed by atoms with E-state index in [1.54, 1.807) is 50.9 Å². The molecular weight excluding hydrogens is 504 g/mol. The number of benzene rings is 1. The number of esters is 1. The number of morpholine rings is 1. The van der Waals surface area contributed by atoms with Crippen LogP contribution in [-0.2, 0) is 14.3 Å². The summed E-state index contributed by atoms with van der Waals surface area (Å²) in [7, 11) is 0. The molecule has 3 aliphatic heterocycles. The first kappa shape index (κ1) is 28.4. The molecule has 10 heteroatoms. The summed E-state index contributed by atoms with van der Waals surface area (Å²) in [5.74, 6) is -1.46. The molecule has 9 nitrogen and oxygen atoms in total. The van der Waals surface area contributed by atoms with Crippen molar-refractivity contribution in [2.24, 2.45) is 11.0 Å². The van der Waals surface area contributed by atoms with Gasteiger partial charge in [0.05, 0.1) is 23.3 Å². The van der Waals surface area contributed by atoms with Gasteiger partial charge in [0.1, 0.15) is 11.6 Å². The van der Waals surface area contributed by atoms with Gasteiger partial charge in [-0.05, 0) is 62.2 Å². The predicted octanol–water partition coefficient (Wildman–Crippen LogP) is 4.79. The van der Waals surface area contributed by atoms with E-state index in [1.165, 1.54) is 0 Å². The standard InChI is InChI=1S/C28H39N4O5S/c1-9-22-26(30-14-17(4)36-18(5)15-30)38-32(29-22)19-10-11-20-21(13-19)25(34)31(24(20)33)23(12-16(2)3)27(35)37-28(6,7)8/h9-11,13,16-18,22-23,26H,1,12,14-15H2,2-8H3/q+1. The van der Waals surface area contributed by atoms with E-state index in [1.807, 2.05) is 24.0 Å². The summed E-state index contributed by atoms with van der Waals surface area (Å²) in [5, 5.41) is 4.87. The Balaban J connectivity index is 1.59. The van der Waals surface area contributed by atoms with Gasteiger partial charge in [-0.1, -0.05) is 19.9 Å². The molecule has 3 aliphatic rings. The molecular formula is C28H39N4O5S+. The van der Waals surface area contributed by atoms with Crippen LogP contribution in [0.1, 0.15) is 75.6 Å². The number of hydrogen-bond donors (Lipinski definition) is 0. The van der Waals surface area contributed by atoms with Gasteiger partial charge in [0.2, 0.25) is 17.6 Å². The zero-order chi connectivity index (χ0) is 27.9. The molecule has 0 radical (unpaired) electrons. The van der Waals surface area contributed by atoms with Crippen molar-refractivity contribution in [3.8, 4) is 0 Å². The van der Waals surface area contributed by atoms with Crippen LogP contribution >= 0.6 is 11.9 Å². The van der Waals surface area contributed by atoms with Gasteiger partial charge >= 0.3 is 5.97 Å². The number of hydrogen-bond acceptors (Lipinski definition) is 8. The van der Waals surface area contributed by atoms with Crippen molar-refractivity contribution < 1.29 is 28.0 Å². The number of nitrogens with zero attached hydrogens (tertiary/aromatic N) is 4. The normalized spacial score (nSPS) is 26.9. The van der Waals surface area contributed by atoms with E-state index in [4.69, 9.17) is 14.6 Å². The number of azo groups is 1. The maximum atomic E-state index is 13.6. The summed E-state index contributed by atoms with van der Waals surface area (Å²) in [4.78, 5) is 43.5. The van der Waals surface area contributed by atoms with Crippen molar-refractivity contribution in [3.63, 3.8) is 0 Å². The summed E-state index contributed by atoms with van der Waals surface area (Å²) in [6.45, 7) is 18.9. The van der Waals surface area contributed by atoms with E-state index in [0.29, 0.717) is 12.1 Å². The Kier molecular flexibility index (Phi) is 8.16. The van der Waals surface area contributed by atoms with Crippen LogP contribution in [0.15, 0.2) is 36.0 Å². The molecule has 5 unspecified atom stereocenters. The maximum Gasteiger partial charge on any atom is 0.329 e. The van der Waals surface area contributed by atoms with E-state index in [0.717, 1.165) is 18.0 Å². The van der Waals surface area contributed by atoms with Crippen molar-refractivity contribution in [2.45, 2.75) is 90.2 Å². The van der Waals surface area contributed by atoms with E-state index in [2.05, 4.69) is 25.3 Å². The second-order valence-electron chi connectivity index (χ2n) is 11.7. The van der Waals surface area contributed by atoms with Gasteiger partial charge in [0, 0.05) is 25.2 Å². The summed E-state index contributed by atoms with van der Waals surface area (Å²) < 4.78 is 13.3. The van der Waals surface area contributed by atoms with Crippen LogP contribution < -0.4 is 0 Å². The Morgan fingerprint density at radius 1 is 1.21 bits per heavy atom. The van der Waals surface area contributed by atoms with Crippen LogP contribution in [0.2, 0.25) is 0 Å². The van der Waals surface area contributed by atoms with Crippen molar-refractivity contribution in [2.75, 3.05) is 13.1 Å². The molecule has 4 rings (SSSR count). The molecule has 5 atom stereocenters. The number of imide groups is 1. The van der Waals surface area contributed by atoms with Gasteiger partial charge in [-0.3, -0.25) is 19.4 Å². The first-order chi connectivity index (χ1) is 17.8. The van der Waals surface area contributed by atoms with Crippen LogP contribution in [0.25, 0.3) is 0 Å². The van der Waals surface area contributed by atoms with E-state index in [-0.39, 0.29) is 40.7 Å². The molecule has 0 N–H and O–H groups in total. The summed E-state index contributed by atoms with van der Waals surface area (Å²) in [5.41, 5.74) is 0.514. The van der Waals surface area contributed by atoms with Gasteiger partial charge in [-0.15, -0.1) is 6.58 Å². The molecule has 1 fully saturated rings. The molecule has 1 aromatic carbocycles. The molecule has 38 heavy (non-hydrogen) atoms. The van der Waals surface area contributed by atoms with Crippen LogP contribution in [0, 0.1) is 5.92 Å². The Morgan fingerprint density at radius 2 is 1.84 bits per heavy atom. The third-order valence-corrected chi connectivity index (χ3v) is 7.89. The molecule has 0 aliphatic carbocycles. The van der Waals surface area contributed by atoms with E-state index in [9.17, 15) is 14.4 Å². The fourth-order valence-electron chi connectivity index (χ4n) is 5.14. The lowest BCUT2D eigenvalue weighted by molar-refractivity contribution is -0.324. The Bertz CT molecular complexity index is 1150. The summed E-state index contributed by atoms with van der Waals surface area (Å²) >= 11 is 1.56. The Morgan fingerprint density at radius 3 is 2.42 bits per heavy atom. The predicted molar refractivity (Wildman–Crippen MR) is 145 cm³/mol. The van der Waals surface area contributed by atoms with Crippen LogP contribution in [0.5, 0.6) is 0 Å². The number of fused-ring (bicyclic) bond motifs is 1. The number of carbonyl (C=O) groups is 3. The highest BCUT2D eigenvalue weighted by molar-refractivity contribution is 7.94. The average molecular weight is 544 g/mol. The quantitative estimate of drug-likeness (QED) is 0.161. The smallest absolute Gasteiger partial charge is 0.329 e. The van der Waals surface area contributed by atoms with Crippen molar-refractivity contribution in [3.05, 3.63) is 42.0 Å². The molecule has 1 aromatic rings. The molecule has 3 heterocycles. The highest BCUT2D eigenvalue weighted by Crippen LogP contribution is 2.39. The molecule has 0 aromatic heterocycles. The lowest BCUT2D eigenvalue weighted by Crippen LogP contribution is -2.51. The van der Waals surface area contributed by atoms with Gasteiger partial charge in [0.15, 0.2) is 11.4 Å². The molecule has 206 valence electrons. The van der Waals surface area contributed by atoms with Gasteiger partial charge < -0.3 is 9.47 Å². The molecule has 0 saturated carbocycles. The number of rotatable bonds is 7. The number of amides is 2. The maximum absolute atomic E-state index is 13.6. The fraction of sp³-hybridized carbons (Fsp3) is 0.607. The topological polar surface area (TPSA) is 91.5 Å². The number of carbonyl (C=O) groups excluding carboxylic acids is 3. The van der Waals surface area contributed by atoms with Gasteiger partial charge in [-0.25, -0.2) is 4.79 Å². The monoisotopic (exact) mass is 543 g/mol. The van der Waals surface area contributed by atoms with Crippen molar-refractivity contribution in [1.29, 1.82) is 0 Å². The van der Waals surface area contributed by atoms with Gasteiger partial charge in [-0.2, -0.15) is 0 Å². The second-order valence-corrected chi connectivity index (χ2v) is 12.8. The van der Waals surface area contributed by atoms with Crippen molar-refractivity contribution in [1.82, 2.24) is 9.80 Å². The highest BCUT2D eigenvalue weighted by Gasteiger charge is 2.47. The van der Waals surface area contributed by atoms with Crippen LogP contribution in [0.4, 0.5) is 5.69 Å². The fourth-order valence-corrected chi connectivity index (χ4v) is 6.34. The summed E-state index contributed by atoms with van der Waals surface area (Å²) in [6.07, 6.45) is 2.40. The Hall–Kier alpha value is -2.56. The van der Waals surface area contributed by atoms with E-state index >= 15 is 0 Å².